The number of aryl methyl sites for hydroxylation is 1. The first-order chi connectivity index (χ1) is 6.59. The van der Waals surface area contributed by atoms with Gasteiger partial charge in [0.2, 0.25) is 0 Å². The van der Waals surface area contributed by atoms with Gasteiger partial charge in [0, 0.05) is 10.3 Å². The average Bonchev–Trinajstić information content (AvgIpc) is 2.47. The molecule has 0 radical (unpaired) electrons. The van der Waals surface area contributed by atoms with Crippen molar-refractivity contribution in [3.05, 3.63) is 33.1 Å². The number of benzene rings is 1. The molecule has 0 amide bonds. The van der Waals surface area contributed by atoms with Crippen LogP contribution in [0.3, 0.4) is 0 Å². The summed E-state index contributed by atoms with van der Waals surface area (Å²) < 4.78 is 26.8. The normalized spacial score (nSPS) is 11.5. The lowest BCUT2D eigenvalue weighted by molar-refractivity contribution is 0.153. The average molecular weight is 277 g/mol. The van der Waals surface area contributed by atoms with Crippen LogP contribution in [0.2, 0.25) is 0 Å². The third-order valence-electron chi connectivity index (χ3n) is 2.14. The van der Waals surface area contributed by atoms with Gasteiger partial charge in [-0.2, -0.15) is 0 Å². The molecular formula is C10H7BrF2S. The Kier molecular flexibility index (Phi) is 2.58. The summed E-state index contributed by atoms with van der Waals surface area (Å²) in [7, 11) is 0. The number of hydrogen-bond donors (Lipinski definition) is 0. The van der Waals surface area contributed by atoms with Crippen molar-refractivity contribution in [2.24, 2.45) is 0 Å². The quantitative estimate of drug-likeness (QED) is 0.694. The Labute approximate surface area is 92.7 Å². The molecule has 4 heteroatoms. The highest BCUT2D eigenvalue weighted by Crippen LogP contribution is 2.37. The first kappa shape index (κ1) is 10.1. The lowest BCUT2D eigenvalue weighted by Crippen LogP contribution is -1.84. The molecule has 2 aromatic rings. The second kappa shape index (κ2) is 3.59. The van der Waals surface area contributed by atoms with Gasteiger partial charge in [0.05, 0.1) is 3.79 Å². The highest BCUT2D eigenvalue weighted by atomic mass is 79.9. The first-order valence-corrected chi connectivity index (χ1v) is 5.67. The fraction of sp³-hybridized carbons (Fsp3) is 0.200. The van der Waals surface area contributed by atoms with E-state index in [2.05, 4.69) is 15.9 Å². The van der Waals surface area contributed by atoms with Crippen LogP contribution < -0.4 is 0 Å². The maximum atomic E-state index is 12.6. The zero-order valence-corrected chi connectivity index (χ0v) is 9.75. The molecule has 0 unspecified atom stereocenters. The predicted octanol–water partition coefficient (Wildman–Crippen LogP) is 4.91. The lowest BCUT2D eigenvalue weighted by atomic mass is 10.1. The Balaban J connectivity index is 2.81. The van der Waals surface area contributed by atoms with Gasteiger partial charge in [-0.05, 0) is 39.9 Å². The molecule has 0 nitrogen and oxygen atoms in total. The SMILES string of the molecule is Cc1ccc(C(F)F)c2sc(Br)cc12. The van der Waals surface area contributed by atoms with E-state index in [9.17, 15) is 8.78 Å². The Morgan fingerprint density at radius 3 is 2.71 bits per heavy atom. The number of alkyl halides is 2. The van der Waals surface area contributed by atoms with Crippen molar-refractivity contribution < 1.29 is 8.78 Å². The van der Waals surface area contributed by atoms with Crippen LogP contribution >= 0.6 is 27.3 Å². The molecule has 0 spiro atoms. The van der Waals surface area contributed by atoms with Gasteiger partial charge in [-0.25, -0.2) is 8.78 Å². The molecule has 0 aliphatic heterocycles. The minimum atomic E-state index is -2.40. The Hall–Kier alpha value is -0.480. The van der Waals surface area contributed by atoms with Crippen LogP contribution in [0.4, 0.5) is 8.78 Å². The summed E-state index contributed by atoms with van der Waals surface area (Å²) in [6, 6.07) is 5.13. The molecule has 0 fully saturated rings. The van der Waals surface area contributed by atoms with E-state index in [0.29, 0.717) is 4.70 Å². The smallest absolute Gasteiger partial charge is 0.205 e. The fourth-order valence-corrected chi connectivity index (χ4v) is 3.11. The van der Waals surface area contributed by atoms with Gasteiger partial charge >= 0.3 is 0 Å². The predicted molar refractivity (Wildman–Crippen MR) is 59.2 cm³/mol. The lowest BCUT2D eigenvalue weighted by Gasteiger charge is -2.02. The highest BCUT2D eigenvalue weighted by Gasteiger charge is 2.14. The van der Waals surface area contributed by atoms with E-state index in [1.165, 1.54) is 17.4 Å². The van der Waals surface area contributed by atoms with Crippen LogP contribution in [0.25, 0.3) is 10.1 Å². The molecule has 0 atom stereocenters. The van der Waals surface area contributed by atoms with Gasteiger partial charge < -0.3 is 0 Å². The third kappa shape index (κ3) is 1.57. The minimum Gasteiger partial charge on any atom is -0.205 e. The molecule has 1 aromatic heterocycles. The van der Waals surface area contributed by atoms with E-state index in [1.807, 2.05) is 13.0 Å². The Morgan fingerprint density at radius 2 is 2.07 bits per heavy atom. The number of halogens is 3. The number of rotatable bonds is 1. The fourth-order valence-electron chi connectivity index (χ4n) is 1.42. The van der Waals surface area contributed by atoms with Gasteiger partial charge in [0.1, 0.15) is 0 Å². The highest BCUT2D eigenvalue weighted by molar-refractivity contribution is 9.11. The molecule has 74 valence electrons. The van der Waals surface area contributed by atoms with Crippen LogP contribution in [0, 0.1) is 6.92 Å². The summed E-state index contributed by atoms with van der Waals surface area (Å²) in [5, 5.41) is 0.916. The summed E-state index contributed by atoms with van der Waals surface area (Å²) in [6.07, 6.45) is -2.40. The standard InChI is InChI=1S/C10H7BrF2S/c1-5-2-3-6(10(12)13)9-7(5)4-8(11)14-9/h2-4,10H,1H3. The van der Waals surface area contributed by atoms with Crippen molar-refractivity contribution in [3.8, 4) is 0 Å². The van der Waals surface area contributed by atoms with Crippen LogP contribution in [0.1, 0.15) is 17.6 Å². The number of fused-ring (bicyclic) bond motifs is 1. The van der Waals surface area contributed by atoms with Crippen molar-refractivity contribution in [3.63, 3.8) is 0 Å². The van der Waals surface area contributed by atoms with E-state index in [0.717, 1.165) is 14.7 Å². The maximum Gasteiger partial charge on any atom is 0.265 e. The molecule has 0 aliphatic carbocycles. The van der Waals surface area contributed by atoms with E-state index >= 15 is 0 Å². The third-order valence-corrected chi connectivity index (χ3v) is 3.82. The molecule has 0 saturated heterocycles. The van der Waals surface area contributed by atoms with Gasteiger partial charge in [-0.3, -0.25) is 0 Å². The minimum absolute atomic E-state index is 0.126. The van der Waals surface area contributed by atoms with E-state index in [1.54, 1.807) is 6.07 Å². The van der Waals surface area contributed by atoms with Crippen molar-refractivity contribution in [1.82, 2.24) is 0 Å². The number of thiophene rings is 1. The Bertz CT molecular complexity index is 476. The van der Waals surface area contributed by atoms with Gasteiger partial charge in [0.15, 0.2) is 0 Å². The first-order valence-electron chi connectivity index (χ1n) is 4.06. The van der Waals surface area contributed by atoms with E-state index in [4.69, 9.17) is 0 Å². The Morgan fingerprint density at radius 1 is 1.36 bits per heavy atom. The van der Waals surface area contributed by atoms with E-state index < -0.39 is 6.43 Å². The van der Waals surface area contributed by atoms with Crippen LogP contribution in [-0.4, -0.2) is 0 Å². The largest absolute Gasteiger partial charge is 0.265 e. The summed E-state index contributed by atoms with van der Waals surface area (Å²) in [6.45, 7) is 1.93. The molecule has 14 heavy (non-hydrogen) atoms. The molecule has 0 N–H and O–H groups in total. The topological polar surface area (TPSA) is 0 Å². The van der Waals surface area contributed by atoms with Crippen molar-refractivity contribution in [2.75, 3.05) is 0 Å². The molecular weight excluding hydrogens is 270 g/mol. The zero-order chi connectivity index (χ0) is 10.3. The van der Waals surface area contributed by atoms with Crippen LogP contribution in [0.15, 0.2) is 22.0 Å². The molecule has 2 rings (SSSR count). The summed E-state index contributed by atoms with van der Waals surface area (Å²) in [4.78, 5) is 0. The molecule has 0 aliphatic rings. The molecule has 1 aromatic carbocycles. The summed E-state index contributed by atoms with van der Waals surface area (Å²) >= 11 is 4.67. The molecule has 1 heterocycles. The molecule has 0 bridgehead atoms. The monoisotopic (exact) mass is 276 g/mol. The van der Waals surface area contributed by atoms with Crippen LogP contribution in [0.5, 0.6) is 0 Å². The summed E-state index contributed by atoms with van der Waals surface area (Å²) in [5.74, 6) is 0. The second-order valence-corrected chi connectivity index (χ2v) is 5.50. The molecule has 0 saturated carbocycles. The van der Waals surface area contributed by atoms with Crippen LogP contribution in [-0.2, 0) is 0 Å². The zero-order valence-electron chi connectivity index (χ0n) is 7.35. The van der Waals surface area contributed by atoms with Gasteiger partial charge in [-0.1, -0.05) is 12.1 Å². The van der Waals surface area contributed by atoms with E-state index in [-0.39, 0.29) is 5.56 Å². The van der Waals surface area contributed by atoms with Crippen molar-refractivity contribution in [1.29, 1.82) is 0 Å². The number of hydrogen-bond acceptors (Lipinski definition) is 1. The van der Waals surface area contributed by atoms with Gasteiger partial charge in [0.25, 0.3) is 6.43 Å². The van der Waals surface area contributed by atoms with Crippen molar-refractivity contribution in [2.45, 2.75) is 13.3 Å². The second-order valence-electron chi connectivity index (χ2n) is 3.07. The van der Waals surface area contributed by atoms with Crippen molar-refractivity contribution >= 4 is 37.4 Å². The van der Waals surface area contributed by atoms with Gasteiger partial charge in [-0.15, -0.1) is 11.3 Å². The summed E-state index contributed by atoms with van der Waals surface area (Å²) in [5.41, 5.74) is 1.16. The maximum absolute atomic E-state index is 12.6.